The molecule has 11 rings (SSSR count). The van der Waals surface area contributed by atoms with Crippen molar-refractivity contribution in [2.75, 3.05) is 0 Å². The molecule has 11 aromatic rings. The van der Waals surface area contributed by atoms with Crippen LogP contribution in [0.2, 0.25) is 0 Å². The quantitative estimate of drug-likeness (QED) is 0.172. The molecule has 0 N–H and O–H groups in total. The van der Waals surface area contributed by atoms with Gasteiger partial charge in [0.15, 0.2) is 5.82 Å². The van der Waals surface area contributed by atoms with Gasteiger partial charge in [-0.25, -0.2) is 9.97 Å². The number of nitrogens with zero attached hydrogens (tertiary/aromatic N) is 3. The number of para-hydroxylation sites is 4. The molecule has 0 amide bonds. The van der Waals surface area contributed by atoms with Crippen LogP contribution < -0.4 is 0 Å². The highest BCUT2D eigenvalue weighted by Gasteiger charge is 2.19. The van der Waals surface area contributed by atoms with Gasteiger partial charge in [0, 0.05) is 55.0 Å². The average Bonchev–Trinajstić information content (AvgIpc) is 3.83. The molecule has 4 heteroatoms. The summed E-state index contributed by atoms with van der Waals surface area (Å²) in [6, 6.07) is 70.2. The highest BCUT2D eigenvalue weighted by molar-refractivity contribution is 6.14. The first-order chi connectivity index (χ1) is 27.8. The standard InChI is InChI=1S/C52H33N3O/c1-3-14-35(15-4-1)46-33-47(36-16-5-2-6-17-36)54-52(53-46)38-19-11-18-37(32-38)40-22-12-24-44-42-20-7-9-26-48(42)55(50(40)44)39-30-28-34(29-31-39)41-23-13-25-45-43-21-8-10-27-49(43)56-51(41)45/h1-33H. The minimum absolute atomic E-state index is 0.690. The third kappa shape index (κ3) is 5.31. The van der Waals surface area contributed by atoms with Crippen LogP contribution in [0.25, 0.3) is 106 Å². The Morgan fingerprint density at radius 3 is 1.70 bits per heavy atom. The Morgan fingerprint density at radius 2 is 0.946 bits per heavy atom. The van der Waals surface area contributed by atoms with Gasteiger partial charge >= 0.3 is 0 Å². The second kappa shape index (κ2) is 13.1. The van der Waals surface area contributed by atoms with Gasteiger partial charge in [0.2, 0.25) is 0 Å². The summed E-state index contributed by atoms with van der Waals surface area (Å²) in [5, 5.41) is 4.68. The van der Waals surface area contributed by atoms with Crippen LogP contribution in [-0.4, -0.2) is 14.5 Å². The van der Waals surface area contributed by atoms with Gasteiger partial charge in [0.05, 0.1) is 22.4 Å². The monoisotopic (exact) mass is 715 g/mol. The highest BCUT2D eigenvalue weighted by Crippen LogP contribution is 2.41. The second-order valence-corrected chi connectivity index (χ2v) is 14.2. The minimum atomic E-state index is 0.690. The molecule has 0 aliphatic heterocycles. The first kappa shape index (κ1) is 31.9. The van der Waals surface area contributed by atoms with E-state index >= 15 is 0 Å². The molecular formula is C52H33N3O. The molecule has 8 aromatic carbocycles. The molecule has 3 aromatic heterocycles. The summed E-state index contributed by atoms with van der Waals surface area (Å²) in [5.74, 6) is 0.690. The van der Waals surface area contributed by atoms with Gasteiger partial charge < -0.3 is 8.98 Å². The van der Waals surface area contributed by atoms with Gasteiger partial charge in [0.1, 0.15) is 11.2 Å². The number of furan rings is 1. The van der Waals surface area contributed by atoms with Gasteiger partial charge in [-0.3, -0.25) is 0 Å². The van der Waals surface area contributed by atoms with Crippen molar-refractivity contribution in [2.45, 2.75) is 0 Å². The van der Waals surface area contributed by atoms with Crippen LogP contribution in [-0.2, 0) is 0 Å². The van der Waals surface area contributed by atoms with E-state index in [-0.39, 0.29) is 0 Å². The molecule has 0 unspecified atom stereocenters. The van der Waals surface area contributed by atoms with E-state index in [2.05, 4.69) is 156 Å². The van der Waals surface area contributed by atoms with E-state index in [1.807, 2.05) is 48.5 Å². The van der Waals surface area contributed by atoms with E-state index in [1.54, 1.807) is 0 Å². The zero-order valence-electron chi connectivity index (χ0n) is 30.3. The maximum Gasteiger partial charge on any atom is 0.160 e. The Kier molecular flexibility index (Phi) is 7.46. The van der Waals surface area contributed by atoms with Gasteiger partial charge in [-0.15, -0.1) is 0 Å². The van der Waals surface area contributed by atoms with Gasteiger partial charge in [-0.2, -0.15) is 0 Å². The van der Waals surface area contributed by atoms with Crippen molar-refractivity contribution in [2.24, 2.45) is 0 Å². The zero-order valence-corrected chi connectivity index (χ0v) is 30.3. The van der Waals surface area contributed by atoms with Gasteiger partial charge in [-0.1, -0.05) is 164 Å². The van der Waals surface area contributed by atoms with E-state index < -0.39 is 0 Å². The lowest BCUT2D eigenvalue weighted by molar-refractivity contribution is 0.670. The van der Waals surface area contributed by atoms with Crippen LogP contribution in [0.15, 0.2) is 205 Å². The van der Waals surface area contributed by atoms with E-state index in [4.69, 9.17) is 14.4 Å². The van der Waals surface area contributed by atoms with E-state index in [1.165, 1.54) is 10.8 Å². The Labute approximate surface area is 323 Å². The fourth-order valence-electron chi connectivity index (χ4n) is 8.20. The summed E-state index contributed by atoms with van der Waals surface area (Å²) in [6.45, 7) is 0. The predicted molar refractivity (Wildman–Crippen MR) is 231 cm³/mol. The third-order valence-corrected chi connectivity index (χ3v) is 10.8. The van der Waals surface area contributed by atoms with Crippen LogP contribution in [0.1, 0.15) is 0 Å². The molecule has 0 fully saturated rings. The van der Waals surface area contributed by atoms with E-state index in [0.717, 1.165) is 89.0 Å². The summed E-state index contributed by atoms with van der Waals surface area (Å²) in [4.78, 5) is 10.3. The summed E-state index contributed by atoms with van der Waals surface area (Å²) in [7, 11) is 0. The molecule has 0 aliphatic rings. The van der Waals surface area contributed by atoms with Crippen molar-refractivity contribution in [1.29, 1.82) is 0 Å². The number of fused-ring (bicyclic) bond motifs is 6. The lowest BCUT2D eigenvalue weighted by Gasteiger charge is -2.14. The highest BCUT2D eigenvalue weighted by atomic mass is 16.3. The van der Waals surface area contributed by atoms with Crippen molar-refractivity contribution in [3.8, 4) is 61.8 Å². The number of rotatable bonds is 6. The predicted octanol–water partition coefficient (Wildman–Crippen LogP) is 13.8. The van der Waals surface area contributed by atoms with Crippen molar-refractivity contribution < 1.29 is 4.42 Å². The molecule has 4 nitrogen and oxygen atoms in total. The van der Waals surface area contributed by atoms with Crippen LogP contribution in [0.4, 0.5) is 0 Å². The molecule has 0 aliphatic carbocycles. The van der Waals surface area contributed by atoms with Crippen LogP contribution in [0.3, 0.4) is 0 Å². The topological polar surface area (TPSA) is 43.9 Å². The molecule has 0 saturated heterocycles. The molecule has 3 heterocycles. The maximum atomic E-state index is 6.41. The maximum absolute atomic E-state index is 6.41. The van der Waals surface area contributed by atoms with Crippen molar-refractivity contribution >= 4 is 43.7 Å². The molecule has 0 saturated carbocycles. The summed E-state index contributed by atoms with van der Waals surface area (Å²) in [6.07, 6.45) is 0. The molecule has 56 heavy (non-hydrogen) atoms. The molecule has 0 atom stereocenters. The number of hydrogen-bond acceptors (Lipinski definition) is 3. The van der Waals surface area contributed by atoms with E-state index in [0.29, 0.717) is 5.82 Å². The average molecular weight is 716 g/mol. The summed E-state index contributed by atoms with van der Waals surface area (Å²) in [5.41, 5.74) is 14.5. The Balaban J connectivity index is 1.06. The fraction of sp³-hybridized carbons (Fsp3) is 0. The van der Waals surface area contributed by atoms with Crippen molar-refractivity contribution in [3.05, 3.63) is 200 Å². The smallest absolute Gasteiger partial charge is 0.160 e. The lowest BCUT2D eigenvalue weighted by atomic mass is 9.99. The van der Waals surface area contributed by atoms with Gasteiger partial charge in [0.25, 0.3) is 0 Å². The minimum Gasteiger partial charge on any atom is -0.455 e. The van der Waals surface area contributed by atoms with Crippen LogP contribution in [0.5, 0.6) is 0 Å². The van der Waals surface area contributed by atoms with E-state index in [9.17, 15) is 0 Å². The summed E-state index contributed by atoms with van der Waals surface area (Å²) >= 11 is 0. The SMILES string of the molecule is c1ccc(-c2cc(-c3ccccc3)nc(-c3cccc(-c4cccc5c6ccccc6n(-c6ccc(-c7cccc8c7oc7ccccc78)cc6)c45)c3)n2)cc1. The molecule has 0 bridgehead atoms. The molecular weight excluding hydrogens is 683 g/mol. The number of aromatic nitrogens is 3. The van der Waals surface area contributed by atoms with Crippen LogP contribution in [0, 0.1) is 0 Å². The van der Waals surface area contributed by atoms with Crippen molar-refractivity contribution in [3.63, 3.8) is 0 Å². The fourth-order valence-corrected chi connectivity index (χ4v) is 8.20. The van der Waals surface area contributed by atoms with Crippen molar-refractivity contribution in [1.82, 2.24) is 14.5 Å². The summed E-state index contributed by atoms with van der Waals surface area (Å²) < 4.78 is 8.81. The third-order valence-electron chi connectivity index (χ3n) is 10.8. The first-order valence-electron chi connectivity index (χ1n) is 18.9. The Bertz CT molecular complexity index is 3170. The molecule has 0 radical (unpaired) electrons. The van der Waals surface area contributed by atoms with Gasteiger partial charge in [-0.05, 0) is 47.5 Å². The second-order valence-electron chi connectivity index (χ2n) is 14.2. The first-order valence-corrected chi connectivity index (χ1v) is 18.9. The number of benzene rings is 8. The van der Waals surface area contributed by atoms with Crippen LogP contribution >= 0.6 is 0 Å². The molecule has 0 spiro atoms. The normalized spacial score (nSPS) is 11.6. The number of hydrogen-bond donors (Lipinski definition) is 0. The Hall–Kier alpha value is -7.56. The largest absolute Gasteiger partial charge is 0.455 e. The lowest BCUT2D eigenvalue weighted by Crippen LogP contribution is -1.97. The zero-order chi connectivity index (χ0) is 37.0. The molecule has 262 valence electrons. The Morgan fingerprint density at radius 1 is 0.375 bits per heavy atom.